The standard InChI is InChI=1S/C16H23ClN4O2/c1-10(2)8-21-15(17)13(11(3)19-21)4-5-14(22)20-7-6-12(9-20)16(18)23/h4-5,10,12H,6-9H2,1-3H3,(H2,18,23)/b5-4+. The molecule has 0 saturated carbocycles. The highest BCUT2D eigenvalue weighted by molar-refractivity contribution is 6.31. The number of nitrogens with zero attached hydrogens (tertiary/aromatic N) is 3. The van der Waals surface area contributed by atoms with Gasteiger partial charge in [0.25, 0.3) is 0 Å². The van der Waals surface area contributed by atoms with Crippen LogP contribution in [-0.2, 0) is 16.1 Å². The molecule has 0 aromatic carbocycles. The lowest BCUT2D eigenvalue weighted by Crippen LogP contribution is -2.30. The van der Waals surface area contributed by atoms with E-state index in [0.29, 0.717) is 30.6 Å². The quantitative estimate of drug-likeness (QED) is 0.832. The van der Waals surface area contributed by atoms with E-state index < -0.39 is 0 Å². The number of aryl methyl sites for hydroxylation is 1. The Morgan fingerprint density at radius 3 is 2.74 bits per heavy atom. The minimum Gasteiger partial charge on any atom is -0.369 e. The zero-order valence-corrected chi connectivity index (χ0v) is 14.5. The molecule has 0 radical (unpaired) electrons. The molecule has 1 aromatic rings. The summed E-state index contributed by atoms with van der Waals surface area (Å²) in [5.41, 5.74) is 6.83. The number of nitrogens with two attached hydrogens (primary N) is 1. The van der Waals surface area contributed by atoms with Crippen molar-refractivity contribution in [2.75, 3.05) is 13.1 Å². The number of carbonyl (C=O) groups is 2. The molecule has 126 valence electrons. The molecule has 0 spiro atoms. The van der Waals surface area contributed by atoms with Crippen molar-refractivity contribution in [1.82, 2.24) is 14.7 Å². The van der Waals surface area contributed by atoms with Crippen LogP contribution >= 0.6 is 11.6 Å². The highest BCUT2D eigenvalue weighted by Crippen LogP contribution is 2.23. The third-order valence-electron chi connectivity index (χ3n) is 3.94. The van der Waals surface area contributed by atoms with E-state index in [4.69, 9.17) is 17.3 Å². The van der Waals surface area contributed by atoms with Crippen LogP contribution in [-0.4, -0.2) is 39.6 Å². The Labute approximate surface area is 141 Å². The molecular formula is C16H23ClN4O2. The summed E-state index contributed by atoms with van der Waals surface area (Å²) in [5, 5.41) is 4.95. The van der Waals surface area contributed by atoms with Crippen molar-refractivity contribution in [3.63, 3.8) is 0 Å². The topological polar surface area (TPSA) is 81.2 Å². The maximum Gasteiger partial charge on any atom is 0.246 e. The van der Waals surface area contributed by atoms with Crippen molar-refractivity contribution in [3.8, 4) is 0 Å². The van der Waals surface area contributed by atoms with Gasteiger partial charge in [-0.3, -0.25) is 14.3 Å². The average Bonchev–Trinajstić information content (AvgIpc) is 3.04. The molecule has 1 aliphatic heterocycles. The van der Waals surface area contributed by atoms with E-state index in [2.05, 4.69) is 18.9 Å². The van der Waals surface area contributed by atoms with Crippen LogP contribution in [0.25, 0.3) is 6.08 Å². The highest BCUT2D eigenvalue weighted by Gasteiger charge is 2.28. The van der Waals surface area contributed by atoms with Crippen LogP contribution < -0.4 is 5.73 Å². The first-order chi connectivity index (χ1) is 10.8. The molecule has 7 heteroatoms. The molecule has 2 N–H and O–H groups in total. The smallest absolute Gasteiger partial charge is 0.246 e. The molecule has 2 heterocycles. The molecule has 23 heavy (non-hydrogen) atoms. The summed E-state index contributed by atoms with van der Waals surface area (Å²) in [7, 11) is 0. The van der Waals surface area contributed by atoms with Crippen LogP contribution in [0.5, 0.6) is 0 Å². The van der Waals surface area contributed by atoms with Crippen molar-refractivity contribution in [2.45, 2.75) is 33.7 Å². The summed E-state index contributed by atoms with van der Waals surface area (Å²) in [5.74, 6) is -0.300. The van der Waals surface area contributed by atoms with Gasteiger partial charge < -0.3 is 10.6 Å². The van der Waals surface area contributed by atoms with Gasteiger partial charge in [-0.25, -0.2) is 0 Å². The van der Waals surface area contributed by atoms with E-state index in [1.165, 1.54) is 6.08 Å². The van der Waals surface area contributed by atoms with Gasteiger partial charge >= 0.3 is 0 Å². The van der Waals surface area contributed by atoms with E-state index in [1.807, 2.05) is 6.92 Å². The van der Waals surface area contributed by atoms with E-state index in [9.17, 15) is 9.59 Å². The third kappa shape index (κ3) is 4.13. The molecule has 6 nitrogen and oxygen atoms in total. The van der Waals surface area contributed by atoms with Crippen LogP contribution in [0.3, 0.4) is 0 Å². The number of halogens is 1. The second kappa shape index (κ2) is 7.17. The summed E-state index contributed by atoms with van der Waals surface area (Å²) >= 11 is 6.34. The van der Waals surface area contributed by atoms with Crippen LogP contribution in [0.4, 0.5) is 0 Å². The Morgan fingerprint density at radius 1 is 1.48 bits per heavy atom. The van der Waals surface area contributed by atoms with Crippen molar-refractivity contribution < 1.29 is 9.59 Å². The van der Waals surface area contributed by atoms with Gasteiger partial charge in [-0.1, -0.05) is 25.4 Å². The van der Waals surface area contributed by atoms with Crippen molar-refractivity contribution in [3.05, 3.63) is 22.5 Å². The summed E-state index contributed by atoms with van der Waals surface area (Å²) in [4.78, 5) is 25.0. The fourth-order valence-corrected chi connectivity index (χ4v) is 2.98. The third-order valence-corrected chi connectivity index (χ3v) is 4.34. The van der Waals surface area contributed by atoms with E-state index >= 15 is 0 Å². The molecule has 1 fully saturated rings. The molecule has 1 saturated heterocycles. The number of primary amides is 1. The highest BCUT2D eigenvalue weighted by atomic mass is 35.5. The molecular weight excluding hydrogens is 316 g/mol. The Kier molecular flexibility index (Phi) is 5.46. The maximum atomic E-state index is 12.2. The van der Waals surface area contributed by atoms with Gasteiger partial charge in [-0.15, -0.1) is 0 Å². The summed E-state index contributed by atoms with van der Waals surface area (Å²) in [6.07, 6.45) is 3.81. The van der Waals surface area contributed by atoms with Crippen LogP contribution in [0, 0.1) is 18.8 Å². The fraction of sp³-hybridized carbons (Fsp3) is 0.562. The molecule has 1 aliphatic rings. The van der Waals surface area contributed by atoms with E-state index in [-0.39, 0.29) is 17.7 Å². The molecule has 0 aliphatic carbocycles. The van der Waals surface area contributed by atoms with Gasteiger partial charge in [0.05, 0.1) is 11.6 Å². The average molecular weight is 339 g/mol. The maximum absolute atomic E-state index is 12.2. The lowest BCUT2D eigenvalue weighted by molar-refractivity contribution is -0.125. The van der Waals surface area contributed by atoms with Crippen molar-refractivity contribution in [1.29, 1.82) is 0 Å². The molecule has 1 atom stereocenters. The Morgan fingerprint density at radius 2 is 2.17 bits per heavy atom. The monoisotopic (exact) mass is 338 g/mol. The first-order valence-corrected chi connectivity index (χ1v) is 8.16. The van der Waals surface area contributed by atoms with Gasteiger partial charge in [0, 0.05) is 31.3 Å². The summed E-state index contributed by atoms with van der Waals surface area (Å²) in [6.45, 7) is 7.72. The van der Waals surface area contributed by atoms with Gasteiger partial charge in [-0.2, -0.15) is 5.10 Å². The second-order valence-electron chi connectivity index (χ2n) is 6.37. The van der Waals surface area contributed by atoms with Crippen molar-refractivity contribution in [2.24, 2.45) is 17.6 Å². The number of hydrogen-bond donors (Lipinski definition) is 1. The van der Waals surface area contributed by atoms with Gasteiger partial charge in [0.15, 0.2) is 0 Å². The minimum absolute atomic E-state index is 0.138. The van der Waals surface area contributed by atoms with Crippen LogP contribution in [0.15, 0.2) is 6.08 Å². The summed E-state index contributed by atoms with van der Waals surface area (Å²) < 4.78 is 1.75. The van der Waals surface area contributed by atoms with Crippen molar-refractivity contribution >= 4 is 29.5 Å². The number of rotatable bonds is 5. The number of carbonyl (C=O) groups excluding carboxylic acids is 2. The largest absolute Gasteiger partial charge is 0.369 e. The normalized spacial score (nSPS) is 18.3. The molecule has 2 amide bonds. The zero-order valence-electron chi connectivity index (χ0n) is 13.8. The van der Waals surface area contributed by atoms with E-state index in [1.54, 1.807) is 15.7 Å². The molecule has 1 aromatic heterocycles. The Bertz CT molecular complexity index is 636. The first kappa shape index (κ1) is 17.5. The number of likely N-dealkylation sites (tertiary alicyclic amines) is 1. The second-order valence-corrected chi connectivity index (χ2v) is 6.73. The minimum atomic E-state index is -0.349. The van der Waals surface area contributed by atoms with Gasteiger partial charge in [0.2, 0.25) is 11.8 Å². The predicted octanol–water partition coefficient (Wildman–Crippen LogP) is 1.85. The first-order valence-electron chi connectivity index (χ1n) is 7.78. The zero-order chi connectivity index (χ0) is 17.1. The molecule has 2 rings (SSSR count). The lowest BCUT2D eigenvalue weighted by Gasteiger charge is -2.13. The number of hydrogen-bond acceptors (Lipinski definition) is 3. The van der Waals surface area contributed by atoms with Gasteiger partial charge in [-0.05, 0) is 25.3 Å². The summed E-state index contributed by atoms with van der Waals surface area (Å²) in [6, 6.07) is 0. The molecule has 1 unspecified atom stereocenters. The van der Waals surface area contributed by atoms with Gasteiger partial charge in [0.1, 0.15) is 5.15 Å². The fourth-order valence-electron chi connectivity index (χ4n) is 2.68. The SMILES string of the molecule is Cc1nn(CC(C)C)c(Cl)c1/C=C/C(=O)N1CCC(C(N)=O)C1. The number of aromatic nitrogens is 2. The lowest BCUT2D eigenvalue weighted by atomic mass is 10.1. The van der Waals surface area contributed by atoms with E-state index in [0.717, 1.165) is 17.8 Å². The number of amides is 2. The Balaban J connectivity index is 2.07. The van der Waals surface area contributed by atoms with Crippen LogP contribution in [0.1, 0.15) is 31.5 Å². The van der Waals surface area contributed by atoms with Crippen LogP contribution in [0.2, 0.25) is 5.15 Å². The molecule has 0 bridgehead atoms. The predicted molar refractivity (Wildman–Crippen MR) is 89.7 cm³/mol. The Hall–Kier alpha value is -1.82.